The maximum atomic E-state index is 11.1. The molecule has 2 N–H and O–H groups in total. The molecular formula is C27H31NO4. The van der Waals surface area contributed by atoms with E-state index in [9.17, 15) is 4.79 Å². The average Bonchev–Trinajstić information content (AvgIpc) is 2.81. The van der Waals surface area contributed by atoms with Crippen LogP contribution in [0.5, 0.6) is 17.2 Å². The number of carboxylic acids is 1. The van der Waals surface area contributed by atoms with Crippen molar-refractivity contribution in [2.24, 2.45) is 0 Å². The summed E-state index contributed by atoms with van der Waals surface area (Å²) in [5, 5.41) is 12.5. The highest BCUT2D eigenvalue weighted by Crippen LogP contribution is 2.29. The standard InChI is InChI=1S/C27H31NO4/c1-3-8-22-19-25(32-24-9-5-4-6-10-24)15-16-26(22)31-18-7-17-28-23-13-11-21(12-14-23)20(2)27(29)30/h4-6,9-16,19-20,28H,3,7-8,17-18H2,1-2H3,(H,29,30). The summed E-state index contributed by atoms with van der Waals surface area (Å²) in [7, 11) is 0. The van der Waals surface area contributed by atoms with Crippen molar-refractivity contribution in [1.82, 2.24) is 0 Å². The lowest BCUT2D eigenvalue weighted by molar-refractivity contribution is -0.138. The molecule has 0 aliphatic rings. The molecule has 0 aliphatic carbocycles. The molecule has 0 aromatic heterocycles. The first-order valence-electron chi connectivity index (χ1n) is 11.1. The van der Waals surface area contributed by atoms with Crippen LogP contribution in [0.3, 0.4) is 0 Å². The highest BCUT2D eigenvalue weighted by Gasteiger charge is 2.13. The van der Waals surface area contributed by atoms with Crippen LogP contribution in [0.25, 0.3) is 0 Å². The lowest BCUT2D eigenvalue weighted by atomic mass is 10.0. The van der Waals surface area contributed by atoms with Crippen molar-refractivity contribution in [2.45, 2.75) is 39.0 Å². The molecule has 5 heteroatoms. The number of hydrogen-bond acceptors (Lipinski definition) is 4. The second-order valence-electron chi connectivity index (χ2n) is 7.75. The summed E-state index contributed by atoms with van der Waals surface area (Å²) in [6.45, 7) is 5.22. The van der Waals surface area contributed by atoms with Crippen LogP contribution < -0.4 is 14.8 Å². The zero-order chi connectivity index (χ0) is 22.8. The zero-order valence-electron chi connectivity index (χ0n) is 18.7. The van der Waals surface area contributed by atoms with Gasteiger partial charge in [-0.1, -0.05) is 43.7 Å². The Morgan fingerprint density at radius 3 is 2.44 bits per heavy atom. The third-order valence-corrected chi connectivity index (χ3v) is 5.22. The molecule has 0 heterocycles. The molecule has 3 aromatic rings. The van der Waals surface area contributed by atoms with Gasteiger partial charge in [0, 0.05) is 12.2 Å². The largest absolute Gasteiger partial charge is 0.493 e. The van der Waals surface area contributed by atoms with E-state index in [2.05, 4.69) is 18.3 Å². The highest BCUT2D eigenvalue weighted by molar-refractivity contribution is 5.75. The smallest absolute Gasteiger partial charge is 0.310 e. The number of ether oxygens (including phenoxy) is 2. The van der Waals surface area contributed by atoms with Crippen LogP contribution in [0.15, 0.2) is 72.8 Å². The topological polar surface area (TPSA) is 67.8 Å². The van der Waals surface area contributed by atoms with Crippen LogP contribution in [0.4, 0.5) is 5.69 Å². The molecule has 3 aromatic carbocycles. The van der Waals surface area contributed by atoms with Crippen LogP contribution in [0, 0.1) is 0 Å². The molecule has 168 valence electrons. The molecule has 0 saturated heterocycles. The average molecular weight is 434 g/mol. The van der Waals surface area contributed by atoms with Crippen LogP contribution in [-0.2, 0) is 11.2 Å². The van der Waals surface area contributed by atoms with Crippen molar-refractivity contribution < 1.29 is 19.4 Å². The normalized spacial score (nSPS) is 11.6. The quantitative estimate of drug-likeness (QED) is 0.319. The molecule has 0 saturated carbocycles. The molecule has 32 heavy (non-hydrogen) atoms. The fraction of sp³-hybridized carbons (Fsp3) is 0.296. The zero-order valence-corrected chi connectivity index (χ0v) is 18.7. The Labute approximate surface area is 190 Å². The number of para-hydroxylation sites is 1. The van der Waals surface area contributed by atoms with Crippen molar-refractivity contribution in [3.8, 4) is 17.2 Å². The van der Waals surface area contributed by atoms with E-state index in [4.69, 9.17) is 14.6 Å². The summed E-state index contributed by atoms with van der Waals surface area (Å²) in [5.74, 6) is 1.22. The fourth-order valence-electron chi connectivity index (χ4n) is 3.37. The van der Waals surface area contributed by atoms with Crippen LogP contribution in [0.1, 0.15) is 43.7 Å². The summed E-state index contributed by atoms with van der Waals surface area (Å²) in [5.41, 5.74) is 2.92. The number of aryl methyl sites for hydroxylation is 1. The van der Waals surface area contributed by atoms with Gasteiger partial charge in [-0.15, -0.1) is 0 Å². The number of carbonyl (C=O) groups is 1. The summed E-state index contributed by atoms with van der Waals surface area (Å²) < 4.78 is 12.0. The Balaban J connectivity index is 1.48. The van der Waals surface area contributed by atoms with Gasteiger partial charge in [-0.25, -0.2) is 0 Å². The second kappa shape index (κ2) is 11.8. The van der Waals surface area contributed by atoms with Crippen LogP contribution in [0.2, 0.25) is 0 Å². The lowest BCUT2D eigenvalue weighted by Gasteiger charge is -2.14. The van der Waals surface area contributed by atoms with Gasteiger partial charge in [0.2, 0.25) is 0 Å². The van der Waals surface area contributed by atoms with Gasteiger partial charge in [-0.05, 0) is 73.4 Å². The second-order valence-corrected chi connectivity index (χ2v) is 7.75. The van der Waals surface area contributed by atoms with E-state index in [1.54, 1.807) is 6.92 Å². The van der Waals surface area contributed by atoms with E-state index in [-0.39, 0.29) is 0 Å². The molecule has 0 aliphatic heterocycles. The Kier molecular flexibility index (Phi) is 8.55. The monoisotopic (exact) mass is 433 g/mol. The van der Waals surface area contributed by atoms with Crippen LogP contribution in [-0.4, -0.2) is 24.2 Å². The Morgan fingerprint density at radius 1 is 1.00 bits per heavy atom. The van der Waals surface area contributed by atoms with Crippen molar-refractivity contribution in [1.29, 1.82) is 0 Å². The van der Waals surface area contributed by atoms with Crippen molar-refractivity contribution >= 4 is 11.7 Å². The van der Waals surface area contributed by atoms with Gasteiger partial charge in [0.05, 0.1) is 12.5 Å². The molecule has 0 spiro atoms. The van der Waals surface area contributed by atoms with Crippen molar-refractivity contribution in [3.63, 3.8) is 0 Å². The summed E-state index contributed by atoms with van der Waals surface area (Å²) in [6.07, 6.45) is 2.81. The first-order chi connectivity index (χ1) is 15.6. The van der Waals surface area contributed by atoms with Gasteiger partial charge < -0.3 is 19.9 Å². The number of carboxylic acid groups (broad SMARTS) is 1. The van der Waals surface area contributed by atoms with Gasteiger partial charge in [-0.2, -0.15) is 0 Å². The molecule has 0 bridgehead atoms. The molecule has 0 amide bonds. The SMILES string of the molecule is CCCc1cc(Oc2ccccc2)ccc1OCCCNc1ccc(C(C)C(=O)O)cc1. The van der Waals surface area contributed by atoms with E-state index in [1.165, 1.54) is 0 Å². The molecule has 1 atom stereocenters. The third-order valence-electron chi connectivity index (χ3n) is 5.22. The number of nitrogens with one attached hydrogen (secondary N) is 1. The molecule has 3 rings (SSSR count). The number of rotatable bonds is 12. The van der Waals surface area contributed by atoms with E-state index in [0.29, 0.717) is 6.61 Å². The molecule has 0 fully saturated rings. The van der Waals surface area contributed by atoms with Gasteiger partial charge in [-0.3, -0.25) is 4.79 Å². The minimum Gasteiger partial charge on any atom is -0.493 e. The van der Waals surface area contributed by atoms with Gasteiger partial charge in [0.15, 0.2) is 0 Å². The number of benzene rings is 3. The predicted octanol–water partition coefficient (Wildman–Crippen LogP) is 6.50. The highest BCUT2D eigenvalue weighted by atomic mass is 16.5. The molecule has 5 nitrogen and oxygen atoms in total. The fourth-order valence-corrected chi connectivity index (χ4v) is 3.37. The Bertz CT molecular complexity index is 986. The number of hydrogen-bond donors (Lipinski definition) is 2. The Morgan fingerprint density at radius 2 is 1.75 bits per heavy atom. The Hall–Kier alpha value is -3.47. The van der Waals surface area contributed by atoms with E-state index >= 15 is 0 Å². The molecule has 1 unspecified atom stereocenters. The number of anilines is 1. The molecule has 0 radical (unpaired) electrons. The minimum atomic E-state index is -0.815. The minimum absolute atomic E-state index is 0.501. The van der Waals surface area contributed by atoms with E-state index in [1.807, 2.05) is 66.7 Å². The molecular weight excluding hydrogens is 402 g/mol. The maximum Gasteiger partial charge on any atom is 0.310 e. The summed E-state index contributed by atoms with van der Waals surface area (Å²) >= 11 is 0. The first kappa shape index (κ1) is 23.2. The van der Waals surface area contributed by atoms with Crippen molar-refractivity contribution in [3.05, 3.63) is 83.9 Å². The third kappa shape index (κ3) is 6.77. The maximum absolute atomic E-state index is 11.1. The van der Waals surface area contributed by atoms with Crippen molar-refractivity contribution in [2.75, 3.05) is 18.5 Å². The van der Waals surface area contributed by atoms with E-state index in [0.717, 1.165) is 59.9 Å². The van der Waals surface area contributed by atoms with Gasteiger partial charge in [0.25, 0.3) is 0 Å². The van der Waals surface area contributed by atoms with E-state index < -0.39 is 11.9 Å². The summed E-state index contributed by atoms with van der Waals surface area (Å²) in [6, 6.07) is 23.3. The van der Waals surface area contributed by atoms with Gasteiger partial charge >= 0.3 is 5.97 Å². The lowest BCUT2D eigenvalue weighted by Crippen LogP contribution is -2.09. The van der Waals surface area contributed by atoms with Crippen LogP contribution >= 0.6 is 0 Å². The number of aliphatic carboxylic acids is 1. The summed E-state index contributed by atoms with van der Waals surface area (Å²) in [4.78, 5) is 11.1. The first-order valence-corrected chi connectivity index (χ1v) is 11.1. The van der Waals surface area contributed by atoms with Gasteiger partial charge in [0.1, 0.15) is 17.2 Å². The predicted molar refractivity (Wildman–Crippen MR) is 128 cm³/mol.